The van der Waals surface area contributed by atoms with Gasteiger partial charge in [-0.2, -0.15) is 0 Å². The highest BCUT2D eigenvalue weighted by Crippen LogP contribution is 2.38. The van der Waals surface area contributed by atoms with E-state index in [1.165, 1.54) is 24.8 Å². The van der Waals surface area contributed by atoms with Crippen molar-refractivity contribution in [3.05, 3.63) is 29.3 Å². The van der Waals surface area contributed by atoms with E-state index in [1.807, 2.05) is 13.1 Å². The first-order valence-corrected chi connectivity index (χ1v) is 6.36. The van der Waals surface area contributed by atoms with E-state index in [4.69, 9.17) is 0 Å². The second-order valence-electron chi connectivity index (χ2n) is 5.16. The van der Waals surface area contributed by atoms with E-state index >= 15 is 0 Å². The molecule has 1 saturated carbocycles. The third kappa shape index (κ3) is 2.20. The van der Waals surface area contributed by atoms with Crippen molar-refractivity contribution in [2.75, 3.05) is 12.4 Å². The summed E-state index contributed by atoms with van der Waals surface area (Å²) >= 11 is 0. The Morgan fingerprint density at radius 1 is 1.47 bits per heavy atom. The molecule has 0 radical (unpaired) electrons. The Balaban J connectivity index is 1.82. The van der Waals surface area contributed by atoms with Crippen molar-refractivity contribution in [3.8, 4) is 0 Å². The van der Waals surface area contributed by atoms with Crippen molar-refractivity contribution in [1.82, 2.24) is 5.32 Å². The second kappa shape index (κ2) is 4.15. The average molecular weight is 230 g/mol. The zero-order chi connectivity index (χ0) is 11.8. The largest absolute Gasteiger partial charge is 0.326 e. The lowest BCUT2D eigenvalue weighted by Gasteiger charge is -2.17. The summed E-state index contributed by atoms with van der Waals surface area (Å²) in [6, 6.07) is 6.78. The molecule has 1 atom stereocenters. The molecule has 3 nitrogen and oxygen atoms in total. The molecular weight excluding hydrogens is 212 g/mol. The van der Waals surface area contributed by atoms with Gasteiger partial charge in [-0.15, -0.1) is 0 Å². The average Bonchev–Trinajstić information content (AvgIpc) is 3.05. The Kier molecular flexibility index (Phi) is 2.63. The maximum Gasteiger partial charge on any atom is 0.228 e. The van der Waals surface area contributed by atoms with E-state index in [0.717, 1.165) is 17.2 Å². The molecule has 2 aliphatic rings. The predicted octanol–water partition coefficient (Wildman–Crippen LogP) is 2.24. The normalized spacial score (nSPS) is 19.9. The predicted molar refractivity (Wildman–Crippen MR) is 67.9 cm³/mol. The van der Waals surface area contributed by atoms with Crippen LogP contribution in [0.5, 0.6) is 0 Å². The van der Waals surface area contributed by atoms with Crippen LogP contribution in [-0.2, 0) is 11.2 Å². The number of anilines is 1. The molecule has 0 spiro atoms. The number of hydrogen-bond donors (Lipinski definition) is 2. The van der Waals surface area contributed by atoms with Crippen LogP contribution in [-0.4, -0.2) is 13.0 Å². The van der Waals surface area contributed by atoms with Crippen LogP contribution < -0.4 is 10.6 Å². The summed E-state index contributed by atoms with van der Waals surface area (Å²) in [5, 5.41) is 6.26. The lowest BCUT2D eigenvalue weighted by Crippen LogP contribution is -2.17. The highest BCUT2D eigenvalue weighted by Gasteiger charge is 2.26. The Morgan fingerprint density at radius 3 is 3.00 bits per heavy atom. The molecule has 90 valence electrons. The van der Waals surface area contributed by atoms with Crippen molar-refractivity contribution < 1.29 is 4.79 Å². The van der Waals surface area contributed by atoms with Crippen LogP contribution in [0.25, 0.3) is 0 Å². The van der Waals surface area contributed by atoms with Crippen LogP contribution in [0.15, 0.2) is 18.2 Å². The zero-order valence-electron chi connectivity index (χ0n) is 10.1. The molecule has 1 fully saturated rings. The van der Waals surface area contributed by atoms with E-state index in [9.17, 15) is 4.79 Å². The SMILES string of the molecule is CNC(CC1CC1)c1ccc2c(c1)CC(=O)N2. The van der Waals surface area contributed by atoms with E-state index in [0.29, 0.717) is 12.5 Å². The first-order valence-electron chi connectivity index (χ1n) is 6.36. The van der Waals surface area contributed by atoms with Gasteiger partial charge in [0.05, 0.1) is 6.42 Å². The smallest absolute Gasteiger partial charge is 0.228 e. The molecule has 17 heavy (non-hydrogen) atoms. The van der Waals surface area contributed by atoms with E-state index < -0.39 is 0 Å². The Hall–Kier alpha value is -1.35. The van der Waals surface area contributed by atoms with Gasteiger partial charge in [-0.3, -0.25) is 4.79 Å². The van der Waals surface area contributed by atoms with Crippen LogP contribution in [0.2, 0.25) is 0 Å². The molecule has 1 amide bonds. The van der Waals surface area contributed by atoms with Gasteiger partial charge in [-0.1, -0.05) is 25.0 Å². The summed E-state index contributed by atoms with van der Waals surface area (Å²) < 4.78 is 0. The molecule has 1 aliphatic carbocycles. The zero-order valence-corrected chi connectivity index (χ0v) is 10.1. The fourth-order valence-corrected chi connectivity index (χ4v) is 2.57. The minimum Gasteiger partial charge on any atom is -0.326 e. The van der Waals surface area contributed by atoms with Gasteiger partial charge in [0.15, 0.2) is 0 Å². The maximum atomic E-state index is 11.3. The number of benzene rings is 1. The molecule has 1 aliphatic heterocycles. The van der Waals surface area contributed by atoms with Gasteiger partial charge in [0, 0.05) is 11.7 Å². The van der Waals surface area contributed by atoms with Crippen molar-refractivity contribution >= 4 is 11.6 Å². The second-order valence-corrected chi connectivity index (χ2v) is 5.16. The molecule has 0 aromatic heterocycles. The number of amides is 1. The van der Waals surface area contributed by atoms with E-state index in [-0.39, 0.29) is 5.91 Å². The van der Waals surface area contributed by atoms with E-state index in [2.05, 4.69) is 22.8 Å². The van der Waals surface area contributed by atoms with Gasteiger partial charge in [0.2, 0.25) is 5.91 Å². The number of hydrogen-bond acceptors (Lipinski definition) is 2. The van der Waals surface area contributed by atoms with Gasteiger partial charge >= 0.3 is 0 Å². The Labute approximate surface area is 102 Å². The highest BCUT2D eigenvalue weighted by molar-refractivity contribution is 5.99. The number of carbonyl (C=O) groups is 1. The third-order valence-electron chi connectivity index (χ3n) is 3.77. The lowest BCUT2D eigenvalue weighted by molar-refractivity contribution is -0.115. The summed E-state index contributed by atoms with van der Waals surface area (Å²) in [6.45, 7) is 0. The molecule has 3 heteroatoms. The van der Waals surface area contributed by atoms with Crippen LogP contribution in [0.3, 0.4) is 0 Å². The quantitative estimate of drug-likeness (QED) is 0.833. The molecular formula is C14H18N2O. The van der Waals surface area contributed by atoms with Gasteiger partial charge in [-0.25, -0.2) is 0 Å². The highest BCUT2D eigenvalue weighted by atomic mass is 16.1. The summed E-state index contributed by atoms with van der Waals surface area (Å²) in [6.07, 6.45) is 4.51. The van der Waals surface area contributed by atoms with Gasteiger partial charge in [0.25, 0.3) is 0 Å². The molecule has 0 saturated heterocycles. The van der Waals surface area contributed by atoms with Crippen LogP contribution in [0.1, 0.15) is 36.4 Å². The fraction of sp³-hybridized carbons (Fsp3) is 0.500. The third-order valence-corrected chi connectivity index (χ3v) is 3.77. The molecule has 1 heterocycles. The van der Waals surface area contributed by atoms with Crippen molar-refractivity contribution in [2.45, 2.75) is 31.7 Å². The lowest BCUT2D eigenvalue weighted by atomic mass is 9.98. The number of carbonyl (C=O) groups excluding carboxylic acids is 1. The summed E-state index contributed by atoms with van der Waals surface area (Å²) in [5.41, 5.74) is 3.44. The molecule has 3 rings (SSSR count). The summed E-state index contributed by atoms with van der Waals surface area (Å²) in [4.78, 5) is 11.3. The standard InChI is InChI=1S/C14H18N2O/c1-15-13(6-9-2-3-9)10-4-5-12-11(7-10)8-14(17)16-12/h4-5,7,9,13,15H,2-3,6,8H2,1H3,(H,16,17). The van der Waals surface area contributed by atoms with Gasteiger partial charge in [-0.05, 0) is 36.6 Å². The van der Waals surface area contributed by atoms with Crippen molar-refractivity contribution in [3.63, 3.8) is 0 Å². The maximum absolute atomic E-state index is 11.3. The minimum atomic E-state index is 0.111. The molecule has 2 N–H and O–H groups in total. The molecule has 0 bridgehead atoms. The van der Waals surface area contributed by atoms with Crippen LogP contribution in [0, 0.1) is 5.92 Å². The fourth-order valence-electron chi connectivity index (χ4n) is 2.57. The molecule has 1 aromatic carbocycles. The summed E-state index contributed by atoms with van der Waals surface area (Å²) in [7, 11) is 2.02. The number of fused-ring (bicyclic) bond motifs is 1. The Bertz CT molecular complexity index is 452. The number of nitrogens with one attached hydrogen (secondary N) is 2. The topological polar surface area (TPSA) is 41.1 Å². The van der Waals surface area contributed by atoms with Crippen LogP contribution >= 0.6 is 0 Å². The van der Waals surface area contributed by atoms with Crippen molar-refractivity contribution in [2.24, 2.45) is 5.92 Å². The monoisotopic (exact) mass is 230 g/mol. The number of rotatable bonds is 4. The molecule has 1 unspecified atom stereocenters. The minimum absolute atomic E-state index is 0.111. The van der Waals surface area contributed by atoms with Gasteiger partial charge < -0.3 is 10.6 Å². The first kappa shape index (κ1) is 10.8. The van der Waals surface area contributed by atoms with E-state index in [1.54, 1.807) is 0 Å². The Morgan fingerprint density at radius 2 is 2.29 bits per heavy atom. The first-order chi connectivity index (χ1) is 8.26. The van der Waals surface area contributed by atoms with Gasteiger partial charge in [0.1, 0.15) is 0 Å². The van der Waals surface area contributed by atoms with Crippen LogP contribution in [0.4, 0.5) is 5.69 Å². The van der Waals surface area contributed by atoms with Crippen molar-refractivity contribution in [1.29, 1.82) is 0 Å². The summed E-state index contributed by atoms with van der Waals surface area (Å²) in [5.74, 6) is 1.01. The molecule has 1 aromatic rings.